The van der Waals surface area contributed by atoms with E-state index in [2.05, 4.69) is 4.74 Å². The third kappa shape index (κ3) is 8.92. The highest BCUT2D eigenvalue weighted by molar-refractivity contribution is 8.26. The molecule has 1 saturated heterocycles. The van der Waals surface area contributed by atoms with E-state index in [0.717, 1.165) is 23.8 Å². The molecule has 1 fully saturated rings. The van der Waals surface area contributed by atoms with Gasteiger partial charge in [-0.3, -0.25) is 14.5 Å². The second-order valence-corrected chi connectivity index (χ2v) is 11.5. The van der Waals surface area contributed by atoms with E-state index in [1.807, 2.05) is 0 Å². The lowest BCUT2D eigenvalue weighted by Gasteiger charge is -2.16. The van der Waals surface area contributed by atoms with E-state index in [0.29, 0.717) is 12.1 Å². The Hall–Kier alpha value is -4.90. The van der Waals surface area contributed by atoms with E-state index in [4.69, 9.17) is 26.8 Å². The summed E-state index contributed by atoms with van der Waals surface area (Å²) in [5.74, 6) is -3.40. The van der Waals surface area contributed by atoms with Crippen molar-refractivity contribution in [2.75, 3.05) is 20.3 Å². The number of hydrogen-bond donors (Lipinski definition) is 1. The van der Waals surface area contributed by atoms with Crippen LogP contribution in [-0.4, -0.2) is 58.4 Å². The van der Waals surface area contributed by atoms with E-state index >= 15 is 0 Å². The smallest absolute Gasteiger partial charge is 0.416 e. The number of aromatic carboxylic acids is 1. The summed E-state index contributed by atoms with van der Waals surface area (Å²) in [6, 6.07) is 9.68. The molecule has 0 atom stereocenters. The van der Waals surface area contributed by atoms with E-state index < -0.39 is 59.5 Å². The summed E-state index contributed by atoms with van der Waals surface area (Å²) in [5, 5.41) is 8.98. The van der Waals surface area contributed by atoms with Gasteiger partial charge in [-0.25, -0.2) is 9.59 Å². The Labute approximate surface area is 277 Å². The van der Waals surface area contributed by atoms with Crippen molar-refractivity contribution in [2.24, 2.45) is 0 Å². The first kappa shape index (κ1) is 35.9. The number of benzene rings is 3. The Balaban J connectivity index is 1.62. The number of ether oxygens (including phenoxy) is 3. The number of esters is 2. The molecule has 1 amide bonds. The Morgan fingerprint density at radius 1 is 0.896 bits per heavy atom. The van der Waals surface area contributed by atoms with Gasteiger partial charge in [-0.2, -0.15) is 26.3 Å². The Kier molecular flexibility index (Phi) is 10.8. The fourth-order valence-corrected chi connectivity index (χ4v) is 5.47. The molecule has 3 aromatic rings. The number of amides is 1. The second-order valence-electron chi connectivity index (χ2n) is 9.80. The minimum Gasteiger partial charge on any atom is -0.481 e. The van der Waals surface area contributed by atoms with Crippen LogP contribution < -0.4 is 9.47 Å². The van der Waals surface area contributed by atoms with Gasteiger partial charge >= 0.3 is 30.3 Å². The largest absolute Gasteiger partial charge is 0.481 e. The number of rotatable bonds is 10. The number of halogens is 6. The number of carbonyl (C=O) groups is 4. The van der Waals surface area contributed by atoms with E-state index in [1.165, 1.54) is 48.5 Å². The number of carboxylic acids is 1. The Morgan fingerprint density at radius 3 is 2.08 bits per heavy atom. The van der Waals surface area contributed by atoms with Crippen LogP contribution in [0.5, 0.6) is 11.5 Å². The predicted molar refractivity (Wildman–Crippen MR) is 163 cm³/mol. The zero-order valence-corrected chi connectivity index (χ0v) is 25.9. The molecule has 0 radical (unpaired) electrons. The van der Waals surface area contributed by atoms with Crippen molar-refractivity contribution < 1.29 is 64.8 Å². The first-order valence-corrected chi connectivity index (χ1v) is 14.6. The second kappa shape index (κ2) is 14.5. The topological polar surface area (TPSA) is 119 Å². The molecule has 1 heterocycles. The fraction of sp³-hybridized carbons (Fsp3) is 0.194. The van der Waals surface area contributed by atoms with Gasteiger partial charge in [0, 0.05) is 12.1 Å². The lowest BCUT2D eigenvalue weighted by atomic mass is 9.97. The maximum absolute atomic E-state index is 13.5. The average Bonchev–Trinajstić information content (AvgIpc) is 3.29. The van der Waals surface area contributed by atoms with Crippen molar-refractivity contribution in [3.63, 3.8) is 0 Å². The molecule has 0 spiro atoms. The number of methoxy groups -OCH3 is 1. The average molecular weight is 714 g/mol. The number of thiocarbonyl (C=S) groups is 1. The minimum atomic E-state index is -5.09. The molecule has 0 saturated carbocycles. The molecule has 9 nitrogen and oxygen atoms in total. The Morgan fingerprint density at radius 2 is 1.52 bits per heavy atom. The standard InChI is InChI=1S/C31H21F6NO8S2/c1-44-26(40)15-45-23-7-4-17(18-11-20(30(32,33)34)14-21(12-18)31(35,36)37)10-19(23)13-24-27(41)38(29(47)48-24)9-8-25(39)46-22-5-2-16(3-6-22)28(42)43/h2-7,10-14H,8-9,15H2,1H3,(H,42,43)/b24-13-. The van der Waals surface area contributed by atoms with Crippen LogP contribution in [0.15, 0.2) is 65.6 Å². The number of carbonyl (C=O) groups excluding carboxylic acids is 3. The van der Waals surface area contributed by atoms with Crippen molar-refractivity contribution in [3.05, 3.63) is 87.8 Å². The lowest BCUT2D eigenvalue weighted by molar-refractivity contribution is -0.144. The van der Waals surface area contributed by atoms with Gasteiger partial charge in [-0.1, -0.05) is 30.0 Å². The van der Waals surface area contributed by atoms with Crippen LogP contribution in [-0.2, 0) is 31.5 Å². The SMILES string of the molecule is COC(=O)COc1ccc(-c2cc(C(F)(F)F)cc(C(F)(F)F)c2)cc1/C=C1\SC(=S)N(CCC(=O)Oc2ccc(C(=O)O)cc2)C1=O. The van der Waals surface area contributed by atoms with Gasteiger partial charge in [0.1, 0.15) is 15.8 Å². The highest BCUT2D eigenvalue weighted by atomic mass is 32.2. The number of nitrogens with zero attached hydrogens (tertiary/aromatic N) is 1. The molecule has 252 valence electrons. The molecule has 17 heteroatoms. The third-order valence-electron chi connectivity index (χ3n) is 6.54. The molecule has 48 heavy (non-hydrogen) atoms. The minimum absolute atomic E-state index is 0.00552. The van der Waals surface area contributed by atoms with E-state index in [-0.39, 0.29) is 56.4 Å². The zero-order valence-electron chi connectivity index (χ0n) is 24.3. The van der Waals surface area contributed by atoms with E-state index in [9.17, 15) is 45.5 Å². The van der Waals surface area contributed by atoms with Gasteiger partial charge in [0.2, 0.25) is 0 Å². The quantitative estimate of drug-likeness (QED) is 0.0787. The zero-order chi connectivity index (χ0) is 35.4. The van der Waals surface area contributed by atoms with Crippen molar-refractivity contribution in [3.8, 4) is 22.6 Å². The van der Waals surface area contributed by atoms with Gasteiger partial charge < -0.3 is 19.3 Å². The molecule has 0 aliphatic carbocycles. The molecule has 0 unspecified atom stereocenters. The summed E-state index contributed by atoms with van der Waals surface area (Å²) >= 11 is 6.08. The summed E-state index contributed by atoms with van der Waals surface area (Å²) in [6.07, 6.45) is -9.27. The predicted octanol–water partition coefficient (Wildman–Crippen LogP) is 6.84. The molecule has 3 aromatic carbocycles. The van der Waals surface area contributed by atoms with Gasteiger partial charge in [-0.15, -0.1) is 0 Å². The summed E-state index contributed by atoms with van der Waals surface area (Å²) in [5.41, 5.74) is -3.61. The van der Waals surface area contributed by atoms with Crippen molar-refractivity contribution in [1.29, 1.82) is 0 Å². The van der Waals surface area contributed by atoms with Gasteiger partial charge in [-0.05, 0) is 71.8 Å². The normalized spacial score (nSPS) is 14.3. The maximum atomic E-state index is 13.5. The highest BCUT2D eigenvalue weighted by Crippen LogP contribution is 2.40. The monoisotopic (exact) mass is 713 g/mol. The third-order valence-corrected chi connectivity index (χ3v) is 7.91. The van der Waals surface area contributed by atoms with Crippen LogP contribution in [0.2, 0.25) is 0 Å². The van der Waals surface area contributed by atoms with Crippen molar-refractivity contribution in [1.82, 2.24) is 4.90 Å². The molecule has 1 aliphatic rings. The molecule has 1 N–H and O–H groups in total. The van der Waals surface area contributed by atoms with Crippen LogP contribution >= 0.6 is 24.0 Å². The van der Waals surface area contributed by atoms with E-state index in [1.54, 1.807) is 0 Å². The van der Waals surface area contributed by atoms with Crippen LogP contribution in [0, 0.1) is 0 Å². The maximum Gasteiger partial charge on any atom is 0.416 e. The molecular formula is C31H21F6NO8S2. The summed E-state index contributed by atoms with van der Waals surface area (Å²) in [7, 11) is 1.09. The number of alkyl halides is 6. The van der Waals surface area contributed by atoms with Crippen LogP contribution in [0.1, 0.15) is 33.5 Å². The fourth-order valence-electron chi connectivity index (χ4n) is 4.17. The van der Waals surface area contributed by atoms with Gasteiger partial charge in [0.05, 0.1) is 35.1 Å². The van der Waals surface area contributed by atoms with Crippen molar-refractivity contribution >= 4 is 58.2 Å². The van der Waals surface area contributed by atoms with Gasteiger partial charge in [0.25, 0.3) is 5.91 Å². The molecule has 4 rings (SSSR count). The Bertz CT molecular complexity index is 1770. The molecule has 0 aromatic heterocycles. The highest BCUT2D eigenvalue weighted by Gasteiger charge is 2.37. The lowest BCUT2D eigenvalue weighted by Crippen LogP contribution is -2.31. The van der Waals surface area contributed by atoms with Crippen molar-refractivity contribution in [2.45, 2.75) is 18.8 Å². The molecule has 1 aliphatic heterocycles. The van der Waals surface area contributed by atoms with Crippen LogP contribution in [0.4, 0.5) is 26.3 Å². The first-order chi connectivity index (χ1) is 22.5. The molecular weight excluding hydrogens is 692 g/mol. The first-order valence-electron chi connectivity index (χ1n) is 13.4. The summed E-state index contributed by atoms with van der Waals surface area (Å²) in [6.45, 7) is -0.829. The molecule has 0 bridgehead atoms. The summed E-state index contributed by atoms with van der Waals surface area (Å²) < 4.78 is 96.2. The number of hydrogen-bond acceptors (Lipinski definition) is 9. The van der Waals surface area contributed by atoms with Crippen LogP contribution in [0.25, 0.3) is 17.2 Å². The van der Waals surface area contributed by atoms with Gasteiger partial charge in [0.15, 0.2) is 6.61 Å². The van der Waals surface area contributed by atoms with Crippen LogP contribution in [0.3, 0.4) is 0 Å². The summed E-state index contributed by atoms with van der Waals surface area (Å²) in [4.78, 5) is 49.4. The number of carboxylic acid groups (broad SMARTS) is 1. The number of thioether (sulfide) groups is 1.